The normalized spacial score (nSPS) is 16.4. The molecule has 1 unspecified atom stereocenters. The number of anilines is 1. The standard InChI is InChI=1S/C23H23N7O4/c1-15-13-27(11-12-28(15)20(31)14-34-2)23-24-18-9-5-3-7-16(18)21-25-26-22(29(21)23)17-8-4-6-10-19(17)30(32)33/h3-10,15H,11-14H2,1-2H3. The first kappa shape index (κ1) is 21.7. The van der Waals surface area contributed by atoms with E-state index in [4.69, 9.17) is 9.72 Å². The molecule has 174 valence electrons. The maximum absolute atomic E-state index is 12.4. The summed E-state index contributed by atoms with van der Waals surface area (Å²) in [6.45, 7) is 3.59. The number of amides is 1. The molecule has 0 aliphatic carbocycles. The molecule has 0 N–H and O–H groups in total. The molecule has 34 heavy (non-hydrogen) atoms. The number of piperazine rings is 1. The zero-order chi connectivity index (χ0) is 23.8. The highest BCUT2D eigenvalue weighted by Gasteiger charge is 2.31. The number of nitro groups is 1. The third-order valence-electron chi connectivity index (χ3n) is 6.07. The maximum Gasteiger partial charge on any atom is 0.280 e. The van der Waals surface area contributed by atoms with Crippen LogP contribution < -0.4 is 4.90 Å². The van der Waals surface area contributed by atoms with Crippen molar-refractivity contribution in [2.24, 2.45) is 0 Å². The average molecular weight is 461 g/mol. The number of benzene rings is 2. The Labute approximate surface area is 194 Å². The predicted octanol–water partition coefficient (Wildman–Crippen LogP) is 2.54. The number of carbonyl (C=O) groups excluding carboxylic acids is 1. The Morgan fingerprint density at radius 3 is 2.68 bits per heavy atom. The number of aromatic nitrogens is 4. The van der Waals surface area contributed by atoms with Gasteiger partial charge in [-0.3, -0.25) is 14.9 Å². The van der Waals surface area contributed by atoms with Crippen molar-refractivity contribution in [3.63, 3.8) is 0 Å². The average Bonchev–Trinajstić information content (AvgIpc) is 3.29. The summed E-state index contributed by atoms with van der Waals surface area (Å²) in [4.78, 5) is 32.5. The van der Waals surface area contributed by atoms with Gasteiger partial charge in [0.25, 0.3) is 5.69 Å². The Kier molecular flexibility index (Phi) is 5.54. The van der Waals surface area contributed by atoms with E-state index in [1.165, 1.54) is 13.2 Å². The van der Waals surface area contributed by atoms with Gasteiger partial charge < -0.3 is 14.5 Å². The summed E-state index contributed by atoms with van der Waals surface area (Å²) >= 11 is 0. The van der Waals surface area contributed by atoms with Crippen LogP contribution in [-0.4, -0.2) is 74.7 Å². The van der Waals surface area contributed by atoms with E-state index in [0.29, 0.717) is 42.6 Å². The third-order valence-corrected chi connectivity index (χ3v) is 6.07. The van der Waals surface area contributed by atoms with Crippen molar-refractivity contribution in [2.75, 3.05) is 38.3 Å². The first-order valence-corrected chi connectivity index (χ1v) is 10.9. The molecule has 2 aromatic carbocycles. The number of nitrogens with zero attached hydrogens (tertiary/aromatic N) is 7. The topological polar surface area (TPSA) is 119 Å². The lowest BCUT2D eigenvalue weighted by atomic mass is 10.1. The quantitative estimate of drug-likeness (QED) is 0.329. The number of methoxy groups -OCH3 is 1. The summed E-state index contributed by atoms with van der Waals surface area (Å²) in [6.07, 6.45) is 0. The highest BCUT2D eigenvalue weighted by Crippen LogP contribution is 2.33. The number of nitro benzene ring substituents is 1. The van der Waals surface area contributed by atoms with Crippen LogP contribution >= 0.6 is 0 Å². The van der Waals surface area contributed by atoms with Crippen molar-refractivity contribution in [3.8, 4) is 11.4 Å². The van der Waals surface area contributed by atoms with Gasteiger partial charge in [-0.2, -0.15) is 0 Å². The minimum absolute atomic E-state index is 0.0378. The van der Waals surface area contributed by atoms with Crippen LogP contribution in [0.4, 0.5) is 11.6 Å². The van der Waals surface area contributed by atoms with E-state index in [0.717, 1.165) is 10.9 Å². The zero-order valence-electron chi connectivity index (χ0n) is 18.8. The third kappa shape index (κ3) is 3.59. The molecule has 0 saturated carbocycles. The van der Waals surface area contributed by atoms with E-state index in [-0.39, 0.29) is 24.2 Å². The fourth-order valence-electron chi connectivity index (χ4n) is 4.49. The summed E-state index contributed by atoms with van der Waals surface area (Å²) in [5.41, 5.74) is 1.62. The summed E-state index contributed by atoms with van der Waals surface area (Å²) < 4.78 is 6.80. The van der Waals surface area contributed by atoms with Gasteiger partial charge in [-0.1, -0.05) is 24.3 Å². The van der Waals surface area contributed by atoms with E-state index >= 15 is 0 Å². The number of hydrogen-bond donors (Lipinski definition) is 0. The zero-order valence-corrected chi connectivity index (χ0v) is 18.8. The van der Waals surface area contributed by atoms with Gasteiger partial charge in [0.1, 0.15) is 6.61 Å². The maximum atomic E-state index is 12.4. The summed E-state index contributed by atoms with van der Waals surface area (Å²) in [5.74, 6) is 0.870. The first-order valence-electron chi connectivity index (χ1n) is 10.9. The Morgan fingerprint density at radius 2 is 1.91 bits per heavy atom. The molecule has 2 aromatic heterocycles. The van der Waals surface area contributed by atoms with Gasteiger partial charge in [0, 0.05) is 44.2 Å². The minimum atomic E-state index is -0.424. The number of hydrogen-bond acceptors (Lipinski definition) is 8. The van der Waals surface area contributed by atoms with Crippen LogP contribution in [0.5, 0.6) is 0 Å². The molecule has 0 spiro atoms. The van der Waals surface area contributed by atoms with E-state index in [9.17, 15) is 14.9 Å². The molecule has 3 heterocycles. The molecule has 4 aromatic rings. The second kappa shape index (κ2) is 8.67. The lowest BCUT2D eigenvalue weighted by Crippen LogP contribution is -2.55. The van der Waals surface area contributed by atoms with E-state index in [1.807, 2.05) is 31.2 Å². The van der Waals surface area contributed by atoms with Crippen molar-refractivity contribution < 1.29 is 14.5 Å². The molecule has 0 radical (unpaired) electrons. The van der Waals surface area contributed by atoms with E-state index < -0.39 is 4.92 Å². The lowest BCUT2D eigenvalue weighted by molar-refractivity contribution is -0.384. The van der Waals surface area contributed by atoms with Gasteiger partial charge in [-0.25, -0.2) is 9.38 Å². The molecule has 5 rings (SSSR count). The molecule has 11 nitrogen and oxygen atoms in total. The number of para-hydroxylation sites is 2. The lowest BCUT2D eigenvalue weighted by Gasteiger charge is -2.40. The molecule has 1 aliphatic rings. The van der Waals surface area contributed by atoms with Crippen LogP contribution in [0.15, 0.2) is 48.5 Å². The SMILES string of the molecule is COCC(=O)N1CCN(c2nc3ccccc3c3nnc(-c4ccccc4[N+](=O)[O-])n23)CC1C. The van der Waals surface area contributed by atoms with Crippen LogP contribution in [0.2, 0.25) is 0 Å². The van der Waals surface area contributed by atoms with Crippen LogP contribution in [0, 0.1) is 10.1 Å². The van der Waals surface area contributed by atoms with Gasteiger partial charge in [-0.05, 0) is 25.1 Å². The van der Waals surface area contributed by atoms with Crippen molar-refractivity contribution >= 4 is 34.1 Å². The smallest absolute Gasteiger partial charge is 0.280 e. The Balaban J connectivity index is 1.67. The van der Waals surface area contributed by atoms with Gasteiger partial charge in [-0.15, -0.1) is 10.2 Å². The molecule has 1 amide bonds. The number of fused-ring (bicyclic) bond motifs is 3. The second-order valence-electron chi connectivity index (χ2n) is 8.20. The fourth-order valence-corrected chi connectivity index (χ4v) is 4.49. The van der Waals surface area contributed by atoms with Gasteiger partial charge in [0.05, 0.1) is 16.0 Å². The second-order valence-corrected chi connectivity index (χ2v) is 8.20. The molecule has 0 bridgehead atoms. The van der Waals surface area contributed by atoms with Crippen molar-refractivity contribution in [2.45, 2.75) is 13.0 Å². The molecule has 1 saturated heterocycles. The van der Waals surface area contributed by atoms with E-state index in [2.05, 4.69) is 15.1 Å². The molecular weight excluding hydrogens is 438 g/mol. The van der Waals surface area contributed by atoms with Crippen molar-refractivity contribution in [1.29, 1.82) is 0 Å². The monoisotopic (exact) mass is 461 g/mol. The molecule has 1 atom stereocenters. The minimum Gasteiger partial charge on any atom is -0.375 e. The molecule has 11 heteroatoms. The summed E-state index contributed by atoms with van der Waals surface area (Å²) in [5, 5.41) is 21.3. The Bertz CT molecular complexity index is 1400. The summed E-state index contributed by atoms with van der Waals surface area (Å²) in [7, 11) is 1.50. The van der Waals surface area contributed by atoms with E-state index in [1.54, 1.807) is 27.5 Å². The molecular formula is C23H23N7O4. The van der Waals surface area contributed by atoms with Crippen LogP contribution in [-0.2, 0) is 9.53 Å². The Hall–Kier alpha value is -4.12. The van der Waals surface area contributed by atoms with Crippen molar-refractivity contribution in [3.05, 3.63) is 58.6 Å². The highest BCUT2D eigenvalue weighted by atomic mass is 16.6. The van der Waals surface area contributed by atoms with Crippen molar-refractivity contribution in [1.82, 2.24) is 24.5 Å². The largest absolute Gasteiger partial charge is 0.375 e. The highest BCUT2D eigenvalue weighted by molar-refractivity contribution is 5.93. The fraction of sp³-hybridized carbons (Fsp3) is 0.304. The van der Waals surface area contributed by atoms with Crippen LogP contribution in [0.3, 0.4) is 0 Å². The predicted molar refractivity (Wildman–Crippen MR) is 126 cm³/mol. The van der Waals surface area contributed by atoms with Gasteiger partial charge in [0.15, 0.2) is 11.5 Å². The number of rotatable bonds is 5. The molecule has 1 fully saturated rings. The summed E-state index contributed by atoms with van der Waals surface area (Å²) in [6, 6.07) is 14.0. The first-order chi connectivity index (χ1) is 16.5. The van der Waals surface area contributed by atoms with Gasteiger partial charge in [0.2, 0.25) is 11.9 Å². The molecule has 1 aliphatic heterocycles. The van der Waals surface area contributed by atoms with Crippen LogP contribution in [0.25, 0.3) is 27.9 Å². The Morgan fingerprint density at radius 1 is 1.15 bits per heavy atom. The van der Waals surface area contributed by atoms with Gasteiger partial charge >= 0.3 is 0 Å². The van der Waals surface area contributed by atoms with Crippen LogP contribution in [0.1, 0.15) is 6.92 Å². The number of ether oxygens (including phenoxy) is 1. The number of carbonyl (C=O) groups is 1.